The van der Waals surface area contributed by atoms with Crippen LogP contribution in [0.2, 0.25) is 5.02 Å². The van der Waals surface area contributed by atoms with E-state index in [1.54, 1.807) is 18.2 Å². The normalized spacial score (nSPS) is 10.2. The molecule has 1 aromatic carbocycles. The minimum absolute atomic E-state index is 0.106. The number of rotatable bonds is 5. The zero-order chi connectivity index (χ0) is 11.3. The van der Waals surface area contributed by atoms with Crippen molar-refractivity contribution in [1.29, 1.82) is 0 Å². The molecule has 0 aliphatic heterocycles. The highest BCUT2D eigenvalue weighted by Crippen LogP contribution is 2.27. The highest BCUT2D eigenvalue weighted by atomic mass is 35.5. The van der Waals surface area contributed by atoms with E-state index in [1.165, 1.54) is 0 Å². The van der Waals surface area contributed by atoms with Crippen molar-refractivity contribution in [3.8, 4) is 5.75 Å². The lowest BCUT2D eigenvalue weighted by atomic mass is 10.1. The number of halogens is 1. The third-order valence-corrected chi connectivity index (χ3v) is 2.46. The van der Waals surface area contributed by atoms with Gasteiger partial charge in [-0.25, -0.2) is 0 Å². The fraction of sp³-hybridized carbons (Fsp3) is 0.364. The largest absolute Gasteiger partial charge is 0.506 e. The summed E-state index contributed by atoms with van der Waals surface area (Å²) in [5, 5.41) is 18.3. The Morgan fingerprint density at radius 3 is 2.73 bits per heavy atom. The lowest BCUT2D eigenvalue weighted by Crippen LogP contribution is -1.95. The van der Waals surface area contributed by atoms with Gasteiger partial charge in [-0.3, -0.25) is 4.79 Å². The Kier molecular flexibility index (Phi) is 4.43. The van der Waals surface area contributed by atoms with Gasteiger partial charge in [0.25, 0.3) is 0 Å². The maximum absolute atomic E-state index is 10.3. The summed E-state index contributed by atoms with van der Waals surface area (Å²) in [7, 11) is 0. The van der Waals surface area contributed by atoms with Gasteiger partial charge in [-0.1, -0.05) is 23.7 Å². The van der Waals surface area contributed by atoms with Gasteiger partial charge in [0.15, 0.2) is 0 Å². The van der Waals surface area contributed by atoms with Crippen LogP contribution < -0.4 is 0 Å². The zero-order valence-electron chi connectivity index (χ0n) is 8.24. The number of phenolic OH excluding ortho intramolecular Hbond substituents is 1. The summed E-state index contributed by atoms with van der Waals surface area (Å²) in [6.07, 6.45) is 2.17. The standard InChI is InChI=1S/C11H13ClO3/c12-9-6-3-5-8(11(9)15)4-1-2-7-10(13)14/h3,5-6,15H,1-2,4,7H2,(H,13,14). The summed E-state index contributed by atoms with van der Waals surface area (Å²) in [5.74, 6) is -0.681. The summed E-state index contributed by atoms with van der Waals surface area (Å²) < 4.78 is 0. The van der Waals surface area contributed by atoms with Gasteiger partial charge in [0.05, 0.1) is 5.02 Å². The first kappa shape index (κ1) is 11.9. The molecule has 0 spiro atoms. The molecule has 2 N–H and O–H groups in total. The molecule has 0 aromatic heterocycles. The first-order valence-electron chi connectivity index (χ1n) is 4.79. The highest BCUT2D eigenvalue weighted by Gasteiger charge is 2.05. The summed E-state index contributed by atoms with van der Waals surface area (Å²) >= 11 is 5.73. The van der Waals surface area contributed by atoms with Crippen LogP contribution in [0, 0.1) is 0 Å². The summed E-state index contributed by atoms with van der Waals surface area (Å²) in [4.78, 5) is 10.3. The van der Waals surface area contributed by atoms with E-state index in [1.807, 2.05) is 0 Å². The number of hydrogen-bond donors (Lipinski definition) is 2. The van der Waals surface area contributed by atoms with E-state index in [4.69, 9.17) is 16.7 Å². The van der Waals surface area contributed by atoms with E-state index in [2.05, 4.69) is 0 Å². The van der Waals surface area contributed by atoms with Crippen LogP contribution >= 0.6 is 11.6 Å². The van der Waals surface area contributed by atoms with Crippen molar-refractivity contribution in [1.82, 2.24) is 0 Å². The molecule has 0 heterocycles. The monoisotopic (exact) mass is 228 g/mol. The number of aromatic hydroxyl groups is 1. The van der Waals surface area contributed by atoms with Crippen LogP contribution in [-0.4, -0.2) is 16.2 Å². The molecule has 0 atom stereocenters. The second-order valence-electron chi connectivity index (χ2n) is 3.35. The van der Waals surface area contributed by atoms with Crippen LogP contribution in [-0.2, 0) is 11.2 Å². The van der Waals surface area contributed by atoms with Crippen LogP contribution in [0.4, 0.5) is 0 Å². The van der Waals surface area contributed by atoms with Crippen LogP contribution in [0.3, 0.4) is 0 Å². The Balaban J connectivity index is 2.44. The van der Waals surface area contributed by atoms with E-state index in [9.17, 15) is 9.90 Å². The fourth-order valence-electron chi connectivity index (χ4n) is 1.35. The predicted molar refractivity (Wildman–Crippen MR) is 58.3 cm³/mol. The minimum atomic E-state index is -0.787. The van der Waals surface area contributed by atoms with Gasteiger partial charge in [-0.15, -0.1) is 0 Å². The molecule has 4 heteroatoms. The van der Waals surface area contributed by atoms with Crippen molar-refractivity contribution >= 4 is 17.6 Å². The Hall–Kier alpha value is -1.22. The second-order valence-corrected chi connectivity index (χ2v) is 3.76. The Morgan fingerprint density at radius 2 is 2.07 bits per heavy atom. The summed E-state index contributed by atoms with van der Waals surface area (Å²) in [6, 6.07) is 5.19. The molecule has 15 heavy (non-hydrogen) atoms. The number of unbranched alkanes of at least 4 members (excludes halogenated alkanes) is 1. The van der Waals surface area contributed by atoms with Gasteiger partial charge >= 0.3 is 5.97 Å². The first-order valence-corrected chi connectivity index (χ1v) is 5.17. The third kappa shape index (κ3) is 3.80. The van der Waals surface area contributed by atoms with Crippen molar-refractivity contribution in [2.75, 3.05) is 0 Å². The number of aliphatic carboxylic acids is 1. The van der Waals surface area contributed by atoms with Gasteiger partial charge in [-0.05, 0) is 30.9 Å². The Morgan fingerprint density at radius 1 is 1.33 bits per heavy atom. The summed E-state index contributed by atoms with van der Waals surface area (Å²) in [6.45, 7) is 0. The van der Waals surface area contributed by atoms with Crippen molar-refractivity contribution in [3.05, 3.63) is 28.8 Å². The van der Waals surface area contributed by atoms with Crippen LogP contribution in [0.25, 0.3) is 0 Å². The number of carbonyl (C=O) groups is 1. The average Bonchev–Trinajstić information content (AvgIpc) is 2.18. The van der Waals surface area contributed by atoms with E-state index in [0.717, 1.165) is 12.0 Å². The molecule has 0 unspecified atom stereocenters. The molecule has 0 aliphatic rings. The van der Waals surface area contributed by atoms with Crippen molar-refractivity contribution in [3.63, 3.8) is 0 Å². The molecule has 0 saturated carbocycles. The molecule has 0 saturated heterocycles. The van der Waals surface area contributed by atoms with Gasteiger partial charge in [0.2, 0.25) is 0 Å². The lowest BCUT2D eigenvalue weighted by Gasteiger charge is -2.04. The van der Waals surface area contributed by atoms with Crippen molar-refractivity contribution < 1.29 is 15.0 Å². The van der Waals surface area contributed by atoms with Crippen LogP contribution in [0.5, 0.6) is 5.75 Å². The van der Waals surface area contributed by atoms with Crippen LogP contribution in [0.1, 0.15) is 24.8 Å². The molecular formula is C11H13ClO3. The zero-order valence-corrected chi connectivity index (χ0v) is 9.00. The van der Waals surface area contributed by atoms with E-state index in [0.29, 0.717) is 17.9 Å². The molecule has 0 bridgehead atoms. The maximum atomic E-state index is 10.3. The third-order valence-electron chi connectivity index (χ3n) is 2.16. The molecule has 0 aliphatic carbocycles. The van der Waals surface area contributed by atoms with Crippen molar-refractivity contribution in [2.45, 2.75) is 25.7 Å². The molecule has 3 nitrogen and oxygen atoms in total. The van der Waals surface area contributed by atoms with E-state index in [-0.39, 0.29) is 12.2 Å². The van der Waals surface area contributed by atoms with Gasteiger partial charge < -0.3 is 10.2 Å². The number of aryl methyl sites for hydroxylation is 1. The van der Waals surface area contributed by atoms with Gasteiger partial charge in [0, 0.05) is 6.42 Å². The summed E-state index contributed by atoms with van der Waals surface area (Å²) in [5.41, 5.74) is 0.771. The number of benzene rings is 1. The maximum Gasteiger partial charge on any atom is 0.303 e. The van der Waals surface area contributed by atoms with Crippen LogP contribution in [0.15, 0.2) is 18.2 Å². The number of carboxylic acid groups (broad SMARTS) is 1. The van der Waals surface area contributed by atoms with E-state index < -0.39 is 5.97 Å². The number of para-hydroxylation sites is 1. The first-order chi connectivity index (χ1) is 7.11. The molecule has 1 aromatic rings. The van der Waals surface area contributed by atoms with Gasteiger partial charge in [0.1, 0.15) is 5.75 Å². The quantitative estimate of drug-likeness (QED) is 0.762. The second kappa shape index (κ2) is 5.61. The Labute approximate surface area is 93.3 Å². The number of hydrogen-bond acceptors (Lipinski definition) is 2. The van der Waals surface area contributed by atoms with Crippen molar-refractivity contribution in [2.24, 2.45) is 0 Å². The number of phenols is 1. The molecule has 0 fully saturated rings. The molecular weight excluding hydrogens is 216 g/mol. The molecule has 0 amide bonds. The predicted octanol–water partition coefficient (Wildman–Crippen LogP) is 2.84. The average molecular weight is 229 g/mol. The lowest BCUT2D eigenvalue weighted by molar-refractivity contribution is -0.137. The van der Waals surface area contributed by atoms with E-state index >= 15 is 0 Å². The number of carboxylic acids is 1. The molecule has 0 radical (unpaired) electrons. The molecule has 82 valence electrons. The SMILES string of the molecule is O=C(O)CCCCc1cccc(Cl)c1O. The smallest absolute Gasteiger partial charge is 0.303 e. The highest BCUT2D eigenvalue weighted by molar-refractivity contribution is 6.32. The Bertz CT molecular complexity index is 350. The minimum Gasteiger partial charge on any atom is -0.506 e. The topological polar surface area (TPSA) is 57.5 Å². The molecule has 1 rings (SSSR count). The van der Waals surface area contributed by atoms with Gasteiger partial charge in [-0.2, -0.15) is 0 Å². The fourth-order valence-corrected chi connectivity index (χ4v) is 1.55.